The Balaban J connectivity index is 2.19. The minimum atomic E-state index is -0.800. The Morgan fingerprint density at radius 2 is 2.16 bits per heavy atom. The summed E-state index contributed by atoms with van der Waals surface area (Å²) in [5.41, 5.74) is 8.56. The van der Waals surface area contributed by atoms with Crippen molar-refractivity contribution in [2.45, 2.75) is 37.1 Å². The summed E-state index contributed by atoms with van der Waals surface area (Å²) in [6.45, 7) is 0.704. The lowest BCUT2D eigenvalue weighted by molar-refractivity contribution is -0.137. The summed E-state index contributed by atoms with van der Waals surface area (Å²) in [4.78, 5) is 10.7. The highest BCUT2D eigenvalue weighted by Crippen LogP contribution is 2.50. The molecule has 0 aromatic heterocycles. The van der Waals surface area contributed by atoms with Crippen molar-refractivity contribution >= 4 is 5.97 Å². The van der Waals surface area contributed by atoms with Gasteiger partial charge < -0.3 is 15.6 Å². The number of hydrogen-bond acceptors (Lipinski definition) is 3. The number of carboxylic acids is 1. The molecule has 1 aliphatic rings. The number of ether oxygens (including phenoxy) is 1. The van der Waals surface area contributed by atoms with E-state index in [4.69, 9.17) is 15.6 Å². The van der Waals surface area contributed by atoms with Crippen LogP contribution in [-0.2, 0) is 14.9 Å². The molecule has 1 unspecified atom stereocenters. The van der Waals surface area contributed by atoms with E-state index >= 15 is 0 Å². The lowest BCUT2D eigenvalue weighted by Crippen LogP contribution is -2.21. The SMILES string of the molecule is COCC1(c2ccccc2C(N)CCC(=O)O)CC1. The van der Waals surface area contributed by atoms with Gasteiger partial charge in [-0.3, -0.25) is 4.79 Å². The summed E-state index contributed by atoms with van der Waals surface area (Å²) in [7, 11) is 1.72. The van der Waals surface area contributed by atoms with Crippen LogP contribution in [0.4, 0.5) is 0 Å². The Bertz CT molecular complexity index is 454. The summed E-state index contributed by atoms with van der Waals surface area (Å²) in [6.07, 6.45) is 2.80. The highest BCUT2D eigenvalue weighted by atomic mass is 16.5. The molecule has 0 radical (unpaired) electrons. The van der Waals surface area contributed by atoms with Gasteiger partial charge in [0.25, 0.3) is 0 Å². The molecule has 0 bridgehead atoms. The Labute approximate surface area is 113 Å². The van der Waals surface area contributed by atoms with Crippen molar-refractivity contribution in [2.75, 3.05) is 13.7 Å². The van der Waals surface area contributed by atoms with Gasteiger partial charge in [-0.2, -0.15) is 0 Å². The first-order valence-corrected chi connectivity index (χ1v) is 6.65. The molecule has 1 aliphatic carbocycles. The highest BCUT2D eigenvalue weighted by Gasteiger charge is 2.45. The first kappa shape index (κ1) is 14.0. The van der Waals surface area contributed by atoms with Gasteiger partial charge in [0, 0.05) is 25.0 Å². The van der Waals surface area contributed by atoms with E-state index in [1.165, 1.54) is 5.56 Å². The predicted molar refractivity (Wildman–Crippen MR) is 73.0 cm³/mol. The molecule has 0 heterocycles. The highest BCUT2D eigenvalue weighted by molar-refractivity contribution is 5.66. The van der Waals surface area contributed by atoms with Gasteiger partial charge >= 0.3 is 5.97 Å². The van der Waals surface area contributed by atoms with Gasteiger partial charge in [0.2, 0.25) is 0 Å². The number of hydrogen-bond donors (Lipinski definition) is 2. The zero-order chi connectivity index (χ0) is 13.9. The van der Waals surface area contributed by atoms with Crippen LogP contribution in [0.25, 0.3) is 0 Å². The maximum Gasteiger partial charge on any atom is 0.303 e. The third kappa shape index (κ3) is 3.14. The average molecular weight is 263 g/mol. The van der Waals surface area contributed by atoms with Gasteiger partial charge in [-0.05, 0) is 30.4 Å². The molecular weight excluding hydrogens is 242 g/mol. The van der Waals surface area contributed by atoms with E-state index in [9.17, 15) is 4.79 Å². The molecule has 1 fully saturated rings. The van der Waals surface area contributed by atoms with Gasteiger partial charge in [-0.1, -0.05) is 24.3 Å². The minimum absolute atomic E-state index is 0.103. The second-order valence-electron chi connectivity index (χ2n) is 5.34. The van der Waals surface area contributed by atoms with Crippen LogP contribution < -0.4 is 5.73 Å². The fourth-order valence-corrected chi connectivity index (χ4v) is 2.66. The smallest absolute Gasteiger partial charge is 0.303 e. The van der Waals surface area contributed by atoms with Gasteiger partial charge in [-0.15, -0.1) is 0 Å². The molecule has 4 nitrogen and oxygen atoms in total. The van der Waals surface area contributed by atoms with E-state index in [0.717, 1.165) is 18.4 Å². The fourth-order valence-electron chi connectivity index (χ4n) is 2.66. The van der Waals surface area contributed by atoms with Gasteiger partial charge in [-0.25, -0.2) is 0 Å². The quantitative estimate of drug-likeness (QED) is 0.791. The number of carboxylic acid groups (broad SMARTS) is 1. The molecule has 1 aromatic rings. The van der Waals surface area contributed by atoms with E-state index < -0.39 is 5.97 Å². The van der Waals surface area contributed by atoms with Crippen LogP contribution in [0.5, 0.6) is 0 Å². The monoisotopic (exact) mass is 263 g/mol. The number of carbonyl (C=O) groups is 1. The maximum atomic E-state index is 10.7. The number of benzene rings is 1. The van der Waals surface area contributed by atoms with Gasteiger partial charge in [0.1, 0.15) is 0 Å². The third-order valence-corrected chi connectivity index (χ3v) is 3.88. The zero-order valence-corrected chi connectivity index (χ0v) is 11.3. The van der Waals surface area contributed by atoms with E-state index in [0.29, 0.717) is 13.0 Å². The van der Waals surface area contributed by atoms with Gasteiger partial charge in [0.05, 0.1) is 6.61 Å². The zero-order valence-electron chi connectivity index (χ0n) is 11.3. The van der Waals surface area contributed by atoms with E-state index in [2.05, 4.69) is 6.07 Å². The molecule has 3 N–H and O–H groups in total. The molecule has 1 saturated carbocycles. The maximum absolute atomic E-state index is 10.7. The average Bonchev–Trinajstić information content (AvgIpc) is 3.17. The van der Waals surface area contributed by atoms with Crippen molar-refractivity contribution in [2.24, 2.45) is 5.73 Å². The minimum Gasteiger partial charge on any atom is -0.481 e. The number of nitrogens with two attached hydrogens (primary N) is 1. The Morgan fingerprint density at radius 1 is 1.47 bits per heavy atom. The van der Waals surface area contributed by atoms with Crippen molar-refractivity contribution in [1.82, 2.24) is 0 Å². The summed E-state index contributed by atoms with van der Waals surface area (Å²) in [5.74, 6) is -0.800. The van der Waals surface area contributed by atoms with Crippen LogP contribution in [0.3, 0.4) is 0 Å². The summed E-state index contributed by atoms with van der Waals surface area (Å²) in [5, 5.41) is 8.76. The molecule has 19 heavy (non-hydrogen) atoms. The predicted octanol–water partition coefficient (Wildman–Crippen LogP) is 2.23. The molecule has 1 atom stereocenters. The molecule has 0 saturated heterocycles. The third-order valence-electron chi connectivity index (χ3n) is 3.88. The molecule has 4 heteroatoms. The van der Waals surface area contributed by atoms with Crippen molar-refractivity contribution in [1.29, 1.82) is 0 Å². The number of aliphatic carboxylic acids is 1. The number of rotatable bonds is 7. The standard InChI is InChI=1S/C15H21NO3/c1-19-10-15(8-9-15)12-5-3-2-4-11(12)13(16)6-7-14(17)18/h2-5,13H,6-10,16H2,1H3,(H,17,18). The molecule has 104 valence electrons. The van der Waals surface area contributed by atoms with E-state index in [1.54, 1.807) is 7.11 Å². The van der Waals surface area contributed by atoms with Crippen LogP contribution in [0.1, 0.15) is 42.9 Å². The molecule has 2 rings (SSSR count). The van der Waals surface area contributed by atoms with E-state index in [-0.39, 0.29) is 17.9 Å². The molecule has 0 spiro atoms. The molecular formula is C15H21NO3. The van der Waals surface area contributed by atoms with Crippen LogP contribution in [0, 0.1) is 0 Å². The fraction of sp³-hybridized carbons (Fsp3) is 0.533. The van der Waals surface area contributed by atoms with Crippen molar-refractivity contribution in [3.63, 3.8) is 0 Å². The van der Waals surface area contributed by atoms with Crippen molar-refractivity contribution in [3.05, 3.63) is 35.4 Å². The molecule has 0 aliphatic heterocycles. The second-order valence-corrected chi connectivity index (χ2v) is 5.34. The molecule has 1 aromatic carbocycles. The van der Waals surface area contributed by atoms with Gasteiger partial charge in [0.15, 0.2) is 0 Å². The van der Waals surface area contributed by atoms with Crippen LogP contribution in [-0.4, -0.2) is 24.8 Å². The van der Waals surface area contributed by atoms with Crippen LogP contribution >= 0.6 is 0 Å². The topological polar surface area (TPSA) is 72.5 Å². The lowest BCUT2D eigenvalue weighted by Gasteiger charge is -2.22. The Kier molecular flexibility index (Phi) is 4.22. The number of methoxy groups -OCH3 is 1. The van der Waals surface area contributed by atoms with E-state index in [1.807, 2.05) is 18.2 Å². The van der Waals surface area contributed by atoms with Crippen molar-refractivity contribution < 1.29 is 14.6 Å². The summed E-state index contributed by atoms with van der Waals surface area (Å²) in [6, 6.07) is 7.86. The largest absolute Gasteiger partial charge is 0.481 e. The summed E-state index contributed by atoms with van der Waals surface area (Å²) >= 11 is 0. The van der Waals surface area contributed by atoms with Crippen LogP contribution in [0.15, 0.2) is 24.3 Å². The Morgan fingerprint density at radius 3 is 2.74 bits per heavy atom. The normalized spacial score (nSPS) is 18.0. The first-order chi connectivity index (χ1) is 9.09. The Hall–Kier alpha value is -1.39. The second kappa shape index (κ2) is 5.72. The summed E-state index contributed by atoms with van der Waals surface area (Å²) < 4.78 is 5.32. The van der Waals surface area contributed by atoms with Crippen molar-refractivity contribution in [3.8, 4) is 0 Å². The molecule has 0 amide bonds. The first-order valence-electron chi connectivity index (χ1n) is 6.65. The lowest BCUT2D eigenvalue weighted by atomic mass is 9.87. The van der Waals surface area contributed by atoms with Crippen LogP contribution in [0.2, 0.25) is 0 Å².